The van der Waals surface area contributed by atoms with Gasteiger partial charge in [-0.25, -0.2) is 0 Å². The van der Waals surface area contributed by atoms with E-state index < -0.39 is 0 Å². The zero-order valence-corrected chi connectivity index (χ0v) is 13.3. The summed E-state index contributed by atoms with van der Waals surface area (Å²) in [6.45, 7) is 3.62. The molecule has 21 heavy (non-hydrogen) atoms. The third-order valence-corrected chi connectivity index (χ3v) is 6.51. The van der Waals surface area contributed by atoms with Crippen LogP contribution in [0.25, 0.3) is 0 Å². The predicted molar refractivity (Wildman–Crippen MR) is 88.1 cm³/mol. The molecule has 0 spiro atoms. The molecule has 0 aliphatic heterocycles. The molecule has 4 bridgehead atoms. The second-order valence-corrected chi connectivity index (χ2v) is 8.09. The number of hydrogen-bond acceptors (Lipinski definition) is 1. The van der Waals surface area contributed by atoms with Crippen molar-refractivity contribution >= 4 is 0 Å². The smallest absolute Gasteiger partial charge is 0.00792 e. The van der Waals surface area contributed by atoms with Gasteiger partial charge in [-0.2, -0.15) is 0 Å². The lowest BCUT2D eigenvalue weighted by molar-refractivity contribution is -0.0361. The van der Waals surface area contributed by atoms with Gasteiger partial charge in [0.05, 0.1) is 0 Å². The minimum absolute atomic E-state index is 0.601. The number of rotatable bonds is 5. The highest BCUT2D eigenvalue weighted by molar-refractivity contribution is 5.15. The highest BCUT2D eigenvalue weighted by Crippen LogP contribution is 2.56. The quantitative estimate of drug-likeness (QED) is 0.850. The Morgan fingerprint density at radius 1 is 0.952 bits per heavy atom. The molecular weight excluding hydrogens is 254 g/mol. The summed E-state index contributed by atoms with van der Waals surface area (Å²) in [6.07, 6.45) is 8.92. The van der Waals surface area contributed by atoms with Crippen molar-refractivity contribution in [3.8, 4) is 0 Å². The van der Waals surface area contributed by atoms with Crippen molar-refractivity contribution in [3.05, 3.63) is 35.9 Å². The van der Waals surface area contributed by atoms with Crippen molar-refractivity contribution in [1.82, 2.24) is 5.32 Å². The van der Waals surface area contributed by atoms with Gasteiger partial charge in [0.2, 0.25) is 0 Å². The molecular formula is C20H29N. The molecule has 0 amide bonds. The maximum Gasteiger partial charge on any atom is 0.00792 e. The van der Waals surface area contributed by atoms with Crippen molar-refractivity contribution < 1.29 is 0 Å². The number of nitrogens with one attached hydrogen (secondary N) is 1. The Hall–Kier alpha value is -0.820. The Morgan fingerprint density at radius 2 is 1.57 bits per heavy atom. The van der Waals surface area contributed by atoms with Gasteiger partial charge in [0.1, 0.15) is 0 Å². The van der Waals surface area contributed by atoms with Gasteiger partial charge in [0.15, 0.2) is 0 Å². The molecule has 0 saturated heterocycles. The molecule has 4 fully saturated rings. The van der Waals surface area contributed by atoms with E-state index in [9.17, 15) is 0 Å². The van der Waals surface area contributed by atoms with Crippen LogP contribution in [0.15, 0.2) is 30.3 Å². The summed E-state index contributed by atoms with van der Waals surface area (Å²) in [5.74, 6) is 5.29. The van der Waals surface area contributed by atoms with E-state index in [4.69, 9.17) is 0 Å². The zero-order chi connectivity index (χ0) is 14.2. The maximum atomic E-state index is 3.86. The summed E-state index contributed by atoms with van der Waals surface area (Å²) >= 11 is 0. The minimum atomic E-state index is 0.601. The van der Waals surface area contributed by atoms with Crippen molar-refractivity contribution in [1.29, 1.82) is 0 Å². The molecule has 1 heteroatoms. The van der Waals surface area contributed by atoms with Crippen LogP contribution in [0.1, 0.15) is 44.6 Å². The van der Waals surface area contributed by atoms with Crippen LogP contribution in [-0.2, 0) is 6.42 Å². The van der Waals surface area contributed by atoms with Crippen LogP contribution in [0.5, 0.6) is 0 Å². The van der Waals surface area contributed by atoms with Gasteiger partial charge in [-0.3, -0.25) is 0 Å². The summed E-state index contributed by atoms with van der Waals surface area (Å²) < 4.78 is 0. The lowest BCUT2D eigenvalue weighted by Crippen LogP contribution is -2.49. The van der Waals surface area contributed by atoms with Gasteiger partial charge < -0.3 is 5.32 Å². The maximum absolute atomic E-state index is 3.86. The third kappa shape index (κ3) is 2.90. The van der Waals surface area contributed by atoms with Crippen LogP contribution < -0.4 is 5.32 Å². The molecule has 5 rings (SSSR count). The normalized spacial score (nSPS) is 38.6. The molecule has 4 aliphatic rings. The molecule has 114 valence electrons. The minimum Gasteiger partial charge on any atom is -0.314 e. The van der Waals surface area contributed by atoms with Crippen molar-refractivity contribution in [2.75, 3.05) is 6.54 Å². The number of benzene rings is 1. The summed E-state index contributed by atoms with van der Waals surface area (Å²) in [5, 5.41) is 3.86. The average molecular weight is 283 g/mol. The second kappa shape index (κ2) is 5.76. The summed E-state index contributed by atoms with van der Waals surface area (Å²) in [5.41, 5.74) is 1.46. The summed E-state index contributed by atoms with van der Waals surface area (Å²) in [7, 11) is 0. The van der Waals surface area contributed by atoms with E-state index in [0.717, 1.165) is 36.0 Å². The van der Waals surface area contributed by atoms with E-state index in [1.807, 2.05) is 0 Å². The lowest BCUT2D eigenvalue weighted by Gasteiger charge is -2.54. The van der Waals surface area contributed by atoms with Crippen LogP contribution in [0.3, 0.4) is 0 Å². The van der Waals surface area contributed by atoms with Crippen LogP contribution in [0, 0.1) is 29.6 Å². The van der Waals surface area contributed by atoms with Crippen molar-refractivity contribution in [2.24, 2.45) is 29.6 Å². The van der Waals surface area contributed by atoms with Gasteiger partial charge in [0.25, 0.3) is 0 Å². The average Bonchev–Trinajstić information content (AvgIpc) is 2.47. The van der Waals surface area contributed by atoms with E-state index in [1.54, 1.807) is 32.1 Å². The zero-order valence-electron chi connectivity index (χ0n) is 13.3. The van der Waals surface area contributed by atoms with Crippen LogP contribution in [-0.4, -0.2) is 12.6 Å². The van der Waals surface area contributed by atoms with Gasteiger partial charge in [-0.1, -0.05) is 30.3 Å². The molecule has 0 aromatic heterocycles. The Balaban J connectivity index is 1.31. The van der Waals surface area contributed by atoms with E-state index in [-0.39, 0.29) is 0 Å². The molecule has 1 unspecified atom stereocenters. The molecule has 1 N–H and O–H groups in total. The van der Waals surface area contributed by atoms with Crippen LogP contribution in [0.4, 0.5) is 0 Å². The summed E-state index contributed by atoms with van der Waals surface area (Å²) in [4.78, 5) is 0. The molecule has 0 radical (unpaired) electrons. The Kier molecular flexibility index (Phi) is 3.79. The van der Waals surface area contributed by atoms with E-state index in [2.05, 4.69) is 42.6 Å². The fourth-order valence-electron chi connectivity index (χ4n) is 5.75. The highest BCUT2D eigenvalue weighted by atomic mass is 14.9. The fourth-order valence-corrected chi connectivity index (χ4v) is 5.75. The third-order valence-electron chi connectivity index (χ3n) is 6.51. The topological polar surface area (TPSA) is 12.0 Å². The Bertz CT molecular complexity index is 438. The lowest BCUT2D eigenvalue weighted by atomic mass is 9.52. The van der Waals surface area contributed by atoms with E-state index in [1.165, 1.54) is 12.1 Å². The molecule has 1 nitrogen and oxygen atoms in total. The van der Waals surface area contributed by atoms with Crippen LogP contribution in [0.2, 0.25) is 0 Å². The molecule has 1 atom stereocenters. The fraction of sp³-hybridized carbons (Fsp3) is 0.700. The van der Waals surface area contributed by atoms with Gasteiger partial charge in [-0.05, 0) is 87.1 Å². The van der Waals surface area contributed by atoms with Gasteiger partial charge in [0, 0.05) is 6.04 Å². The van der Waals surface area contributed by atoms with E-state index >= 15 is 0 Å². The standard InChI is InChI=1S/C20H29N/c1-14(7-15-5-3-2-4-6-15)21-13-20-18-9-16-8-17(11-18)12-19(20)10-16/h2-6,14,16-21H,7-13H2,1H3. The first kappa shape index (κ1) is 13.8. The molecule has 4 saturated carbocycles. The van der Waals surface area contributed by atoms with E-state index in [0.29, 0.717) is 6.04 Å². The predicted octanol–water partition coefficient (Wildman–Crippen LogP) is 4.28. The molecule has 0 heterocycles. The summed E-state index contributed by atoms with van der Waals surface area (Å²) in [6, 6.07) is 11.5. The number of hydrogen-bond donors (Lipinski definition) is 1. The highest BCUT2D eigenvalue weighted by Gasteiger charge is 2.47. The first-order valence-corrected chi connectivity index (χ1v) is 9.05. The SMILES string of the molecule is CC(Cc1ccccc1)NCC1C2CC3CC(C2)CC1C3. The van der Waals surface area contributed by atoms with Gasteiger partial charge in [-0.15, -0.1) is 0 Å². The molecule has 1 aromatic rings. The monoisotopic (exact) mass is 283 g/mol. The van der Waals surface area contributed by atoms with Crippen LogP contribution >= 0.6 is 0 Å². The van der Waals surface area contributed by atoms with Crippen molar-refractivity contribution in [2.45, 2.75) is 51.5 Å². The largest absolute Gasteiger partial charge is 0.314 e. The Labute approximate surface area is 129 Å². The second-order valence-electron chi connectivity index (χ2n) is 8.09. The first-order valence-electron chi connectivity index (χ1n) is 9.05. The first-order chi connectivity index (χ1) is 10.3. The molecule has 1 aromatic carbocycles. The molecule has 4 aliphatic carbocycles. The van der Waals surface area contributed by atoms with Crippen molar-refractivity contribution in [3.63, 3.8) is 0 Å². The van der Waals surface area contributed by atoms with Gasteiger partial charge >= 0.3 is 0 Å². The Morgan fingerprint density at radius 3 is 2.19 bits per heavy atom.